The average Bonchev–Trinajstić information content (AvgIpc) is 4.03. The van der Waals surface area contributed by atoms with Gasteiger partial charge in [-0.25, -0.2) is 15.0 Å². The maximum absolute atomic E-state index is 7.15. The molecule has 0 radical (unpaired) electrons. The van der Waals surface area contributed by atoms with Crippen molar-refractivity contribution in [1.82, 2.24) is 24.1 Å². The van der Waals surface area contributed by atoms with E-state index < -0.39 is 0 Å². The van der Waals surface area contributed by atoms with Crippen molar-refractivity contribution >= 4 is 87.1 Å². The molecule has 0 fully saturated rings. The van der Waals surface area contributed by atoms with E-state index in [1.54, 1.807) is 0 Å². The lowest BCUT2D eigenvalue weighted by molar-refractivity contribution is 0.667. The summed E-state index contributed by atoms with van der Waals surface area (Å²) in [6, 6.07) is 74.8. The minimum absolute atomic E-state index is 0.548. The zero-order chi connectivity index (χ0) is 42.6. The highest BCUT2D eigenvalue weighted by molar-refractivity contribution is 6.22. The second-order valence-electron chi connectivity index (χ2n) is 16.7. The van der Waals surface area contributed by atoms with Crippen LogP contribution in [-0.2, 0) is 0 Å². The molecule has 0 bridgehead atoms. The Labute approximate surface area is 371 Å². The van der Waals surface area contributed by atoms with E-state index in [4.69, 9.17) is 19.4 Å². The van der Waals surface area contributed by atoms with Crippen LogP contribution in [0, 0.1) is 0 Å². The van der Waals surface area contributed by atoms with E-state index in [1.807, 2.05) is 18.2 Å². The first-order valence-electron chi connectivity index (χ1n) is 21.9. The summed E-state index contributed by atoms with van der Waals surface area (Å²) in [6.45, 7) is 0. The van der Waals surface area contributed by atoms with E-state index in [1.165, 1.54) is 5.39 Å². The van der Waals surface area contributed by atoms with Crippen LogP contribution < -0.4 is 0 Å². The van der Waals surface area contributed by atoms with E-state index in [9.17, 15) is 0 Å². The topological polar surface area (TPSA) is 61.7 Å². The highest BCUT2D eigenvalue weighted by Gasteiger charge is 2.26. The number of hydrogen-bond donors (Lipinski definition) is 0. The molecule has 0 aliphatic rings. The van der Waals surface area contributed by atoms with Crippen LogP contribution in [0.25, 0.3) is 133 Å². The van der Waals surface area contributed by atoms with Gasteiger partial charge in [0.2, 0.25) is 0 Å². The van der Waals surface area contributed by atoms with Crippen LogP contribution in [0.3, 0.4) is 0 Å². The van der Waals surface area contributed by atoms with E-state index in [0.717, 1.165) is 110 Å². The number of furan rings is 1. The van der Waals surface area contributed by atoms with E-state index in [0.29, 0.717) is 17.5 Å². The van der Waals surface area contributed by atoms with Crippen molar-refractivity contribution in [2.24, 2.45) is 0 Å². The average molecular weight is 830 g/mol. The zero-order valence-corrected chi connectivity index (χ0v) is 34.9. The summed E-state index contributed by atoms with van der Waals surface area (Å²) < 4.78 is 11.9. The minimum atomic E-state index is 0.548. The number of nitrogens with zero attached hydrogens (tertiary/aromatic N) is 5. The molecule has 0 spiro atoms. The van der Waals surface area contributed by atoms with Crippen LogP contribution in [0.2, 0.25) is 0 Å². The van der Waals surface area contributed by atoms with Crippen LogP contribution in [0.1, 0.15) is 0 Å². The highest BCUT2D eigenvalue weighted by atomic mass is 16.3. The molecule has 0 unspecified atom stereocenters. The van der Waals surface area contributed by atoms with Crippen molar-refractivity contribution in [3.63, 3.8) is 0 Å². The molecule has 0 N–H and O–H groups in total. The van der Waals surface area contributed by atoms with Gasteiger partial charge in [0.1, 0.15) is 11.3 Å². The van der Waals surface area contributed by atoms with Crippen molar-refractivity contribution in [1.29, 1.82) is 0 Å². The van der Waals surface area contributed by atoms with Crippen molar-refractivity contribution in [3.05, 3.63) is 212 Å². The van der Waals surface area contributed by atoms with Crippen LogP contribution in [0.4, 0.5) is 0 Å². The fourth-order valence-electron chi connectivity index (χ4n) is 10.3. The second kappa shape index (κ2) is 13.8. The van der Waals surface area contributed by atoms with Gasteiger partial charge >= 0.3 is 0 Å². The van der Waals surface area contributed by atoms with Gasteiger partial charge in [0.25, 0.3) is 0 Å². The lowest BCUT2D eigenvalue weighted by Crippen LogP contribution is -2.04. The number of rotatable bonds is 5. The Kier molecular flexibility index (Phi) is 7.59. The monoisotopic (exact) mass is 829 g/mol. The van der Waals surface area contributed by atoms with Gasteiger partial charge in [-0.3, -0.25) is 0 Å². The molecular weight excluding hydrogens is 795 g/mol. The molecular formula is C59H35N5O. The van der Waals surface area contributed by atoms with Gasteiger partial charge in [0, 0.05) is 54.7 Å². The van der Waals surface area contributed by atoms with Gasteiger partial charge in [-0.2, -0.15) is 0 Å². The molecule has 0 aliphatic carbocycles. The normalized spacial score (nSPS) is 12.0. The van der Waals surface area contributed by atoms with Crippen LogP contribution >= 0.6 is 0 Å². The largest absolute Gasteiger partial charge is 0.454 e. The maximum atomic E-state index is 7.15. The lowest BCUT2D eigenvalue weighted by atomic mass is 10.0. The molecule has 0 saturated carbocycles. The predicted molar refractivity (Wildman–Crippen MR) is 267 cm³/mol. The van der Waals surface area contributed by atoms with Gasteiger partial charge in [0.05, 0.1) is 22.1 Å². The first-order valence-corrected chi connectivity index (χ1v) is 21.9. The van der Waals surface area contributed by atoms with Gasteiger partial charge in [0.15, 0.2) is 23.1 Å². The maximum Gasteiger partial charge on any atom is 0.166 e. The van der Waals surface area contributed by atoms with Gasteiger partial charge < -0.3 is 13.6 Å². The number of aromatic nitrogens is 5. The molecule has 6 nitrogen and oxygen atoms in total. The Balaban J connectivity index is 1.13. The standard InChI is InChI=1S/C59H35N5O/c1-3-17-37(18-4-1)57-60-58(45-26-15-29-50-53(45)43-25-12-14-28-49(43)63(50)40-21-5-2-6-22-40)62-59(61-57)46-32-31-44-54-41-23-10-9-16-36(41)30-33-52(54)65-56(44)55(46)64-48-27-13-11-24-42(48)47-34-38-19-7-8-20-39(38)35-51(47)64/h1-35H. The van der Waals surface area contributed by atoms with Gasteiger partial charge in [-0.05, 0) is 82.2 Å². The molecule has 10 aromatic carbocycles. The quantitative estimate of drug-likeness (QED) is 0.173. The molecule has 0 amide bonds. The van der Waals surface area contributed by atoms with Crippen molar-refractivity contribution in [2.75, 3.05) is 0 Å². The third kappa shape index (κ3) is 5.31. The molecule has 14 rings (SSSR count). The first kappa shape index (κ1) is 35.7. The van der Waals surface area contributed by atoms with E-state index >= 15 is 0 Å². The smallest absolute Gasteiger partial charge is 0.166 e. The fourth-order valence-corrected chi connectivity index (χ4v) is 10.3. The Morgan fingerprint density at radius 1 is 0.338 bits per heavy atom. The molecule has 65 heavy (non-hydrogen) atoms. The number of para-hydroxylation sites is 3. The van der Waals surface area contributed by atoms with Crippen LogP contribution in [-0.4, -0.2) is 24.1 Å². The first-order chi connectivity index (χ1) is 32.2. The summed E-state index contributed by atoms with van der Waals surface area (Å²) in [5.74, 6) is 1.72. The summed E-state index contributed by atoms with van der Waals surface area (Å²) in [6.07, 6.45) is 0. The second-order valence-corrected chi connectivity index (χ2v) is 16.7. The van der Waals surface area contributed by atoms with Gasteiger partial charge in [-0.15, -0.1) is 0 Å². The Morgan fingerprint density at radius 2 is 0.954 bits per heavy atom. The number of fused-ring (bicyclic) bond motifs is 12. The van der Waals surface area contributed by atoms with Gasteiger partial charge in [-0.1, -0.05) is 152 Å². The molecule has 0 atom stereocenters. The molecule has 302 valence electrons. The Hall–Kier alpha value is -8.87. The lowest BCUT2D eigenvalue weighted by Gasteiger charge is -2.16. The van der Waals surface area contributed by atoms with Crippen LogP contribution in [0.15, 0.2) is 217 Å². The summed E-state index contributed by atoms with van der Waals surface area (Å²) in [7, 11) is 0. The summed E-state index contributed by atoms with van der Waals surface area (Å²) in [4.78, 5) is 16.3. The third-order valence-corrected chi connectivity index (χ3v) is 13.1. The van der Waals surface area contributed by atoms with Crippen LogP contribution in [0.5, 0.6) is 0 Å². The summed E-state index contributed by atoms with van der Waals surface area (Å²) >= 11 is 0. The number of benzene rings is 10. The van der Waals surface area contributed by atoms with Crippen molar-refractivity contribution < 1.29 is 4.42 Å². The van der Waals surface area contributed by atoms with Crippen molar-refractivity contribution in [3.8, 4) is 45.5 Å². The van der Waals surface area contributed by atoms with E-state index in [2.05, 4.69) is 203 Å². The number of hydrogen-bond acceptors (Lipinski definition) is 4. The molecule has 0 saturated heterocycles. The molecule has 4 aromatic heterocycles. The molecule has 6 heteroatoms. The predicted octanol–water partition coefficient (Wildman–Crippen LogP) is 15.3. The fraction of sp³-hybridized carbons (Fsp3) is 0. The van der Waals surface area contributed by atoms with Crippen molar-refractivity contribution in [2.45, 2.75) is 0 Å². The molecule has 0 aliphatic heterocycles. The summed E-state index contributed by atoms with van der Waals surface area (Å²) in [5.41, 5.74) is 10.5. The zero-order valence-electron chi connectivity index (χ0n) is 34.9. The summed E-state index contributed by atoms with van der Waals surface area (Å²) in [5, 5.41) is 11.3. The Morgan fingerprint density at radius 3 is 1.75 bits per heavy atom. The SMILES string of the molecule is c1ccc(-c2nc(-c3ccc4c(oc5ccc6ccccc6c54)c3-n3c4ccccc4c4cc5ccccc5cc43)nc(-c3cccc4c3c3ccccc3n4-c3ccccc3)n2)cc1. The molecule has 4 heterocycles. The van der Waals surface area contributed by atoms with E-state index in [-0.39, 0.29) is 0 Å². The molecule has 14 aromatic rings. The minimum Gasteiger partial charge on any atom is -0.454 e. The third-order valence-electron chi connectivity index (χ3n) is 13.1. The Bertz CT molecular complexity index is 4240. The highest BCUT2D eigenvalue weighted by Crippen LogP contribution is 2.45.